The maximum Gasteiger partial charge on any atom is 0.243 e. The number of anilines is 1. The van der Waals surface area contributed by atoms with Gasteiger partial charge in [-0.25, -0.2) is 12.7 Å². The van der Waals surface area contributed by atoms with Crippen LogP contribution in [0.4, 0.5) is 5.69 Å². The summed E-state index contributed by atoms with van der Waals surface area (Å²) in [7, 11) is -1.90. The molecule has 6 heteroatoms. The van der Waals surface area contributed by atoms with Gasteiger partial charge in [0.2, 0.25) is 10.0 Å². The molecule has 0 aliphatic rings. The molecule has 5 nitrogen and oxygen atoms in total. The first-order chi connectivity index (χ1) is 9.91. The number of aromatic nitrogens is 1. The molecule has 0 atom stereocenters. The molecule has 0 saturated carbocycles. The van der Waals surface area contributed by atoms with Crippen LogP contribution in [0.15, 0.2) is 47.6 Å². The largest absolute Gasteiger partial charge is 0.399 e. The second-order valence-corrected chi connectivity index (χ2v) is 6.97. The van der Waals surface area contributed by atoms with Crippen LogP contribution < -0.4 is 5.73 Å². The van der Waals surface area contributed by atoms with E-state index in [-0.39, 0.29) is 0 Å². The van der Waals surface area contributed by atoms with Gasteiger partial charge in [-0.05, 0) is 54.8 Å². The summed E-state index contributed by atoms with van der Waals surface area (Å²) >= 11 is 0. The lowest BCUT2D eigenvalue weighted by Crippen LogP contribution is -2.29. The van der Waals surface area contributed by atoms with Crippen molar-refractivity contribution in [2.45, 2.75) is 18.2 Å². The third-order valence-corrected chi connectivity index (χ3v) is 5.37. The predicted molar refractivity (Wildman–Crippen MR) is 83.3 cm³/mol. The first kappa shape index (κ1) is 15.5. The van der Waals surface area contributed by atoms with E-state index >= 15 is 0 Å². The van der Waals surface area contributed by atoms with Crippen LogP contribution in [-0.2, 0) is 16.4 Å². The standard InChI is InChI=1S/C15H19N3O2S/c1-12-11-14(16)3-4-15(12)21(19,20)18(2)10-7-13-5-8-17-9-6-13/h3-6,8-9,11H,7,10,16H2,1-2H3. The molecule has 0 spiro atoms. The van der Waals surface area contributed by atoms with Crippen molar-refractivity contribution < 1.29 is 8.42 Å². The Labute approximate surface area is 125 Å². The molecule has 2 aromatic rings. The molecule has 21 heavy (non-hydrogen) atoms. The molecule has 0 aliphatic heterocycles. The van der Waals surface area contributed by atoms with Crippen LogP contribution in [0.2, 0.25) is 0 Å². The first-order valence-corrected chi connectivity index (χ1v) is 8.06. The van der Waals surface area contributed by atoms with Crippen LogP contribution >= 0.6 is 0 Å². The summed E-state index contributed by atoms with van der Waals surface area (Å²) in [6, 6.07) is 8.60. The minimum absolute atomic E-state index is 0.300. The van der Waals surface area contributed by atoms with Gasteiger partial charge in [-0.3, -0.25) is 4.98 Å². The highest BCUT2D eigenvalue weighted by atomic mass is 32.2. The number of likely N-dealkylation sites (N-methyl/N-ethyl adjacent to an activating group) is 1. The van der Waals surface area contributed by atoms with Gasteiger partial charge < -0.3 is 5.73 Å². The lowest BCUT2D eigenvalue weighted by Gasteiger charge is -2.18. The first-order valence-electron chi connectivity index (χ1n) is 6.62. The zero-order chi connectivity index (χ0) is 15.5. The number of nitrogen functional groups attached to an aromatic ring is 1. The number of hydrogen-bond acceptors (Lipinski definition) is 4. The number of sulfonamides is 1. The normalized spacial score (nSPS) is 11.8. The smallest absolute Gasteiger partial charge is 0.243 e. The second kappa shape index (κ2) is 6.24. The van der Waals surface area contributed by atoms with Gasteiger partial charge in [-0.15, -0.1) is 0 Å². The Balaban J connectivity index is 2.15. The van der Waals surface area contributed by atoms with E-state index in [1.54, 1.807) is 44.6 Å². The highest BCUT2D eigenvalue weighted by molar-refractivity contribution is 7.89. The van der Waals surface area contributed by atoms with E-state index in [9.17, 15) is 8.42 Å². The molecule has 0 saturated heterocycles. The molecule has 1 aromatic carbocycles. The van der Waals surface area contributed by atoms with Gasteiger partial charge in [0.05, 0.1) is 4.90 Å². The number of benzene rings is 1. The fourth-order valence-electron chi connectivity index (χ4n) is 2.09. The third-order valence-electron chi connectivity index (χ3n) is 3.35. The lowest BCUT2D eigenvalue weighted by molar-refractivity contribution is 0.472. The predicted octanol–water partition coefficient (Wildman–Crippen LogP) is 1.84. The molecule has 1 aromatic heterocycles. The van der Waals surface area contributed by atoms with E-state index < -0.39 is 10.0 Å². The Hall–Kier alpha value is -1.92. The average molecular weight is 305 g/mol. The molecule has 0 aliphatic carbocycles. The topological polar surface area (TPSA) is 76.3 Å². The Morgan fingerprint density at radius 1 is 1.19 bits per heavy atom. The van der Waals surface area contributed by atoms with Crippen molar-refractivity contribution in [3.05, 3.63) is 53.9 Å². The zero-order valence-corrected chi connectivity index (χ0v) is 13.0. The van der Waals surface area contributed by atoms with Gasteiger partial charge in [0.1, 0.15) is 0 Å². The van der Waals surface area contributed by atoms with E-state index in [1.807, 2.05) is 12.1 Å². The van der Waals surface area contributed by atoms with Gasteiger partial charge in [0.15, 0.2) is 0 Å². The van der Waals surface area contributed by atoms with Crippen LogP contribution in [0, 0.1) is 6.92 Å². The van der Waals surface area contributed by atoms with Crippen molar-refractivity contribution in [1.29, 1.82) is 0 Å². The van der Waals surface area contributed by atoms with Crippen molar-refractivity contribution in [3.8, 4) is 0 Å². The van der Waals surface area contributed by atoms with Crippen LogP contribution in [0.5, 0.6) is 0 Å². The lowest BCUT2D eigenvalue weighted by atomic mass is 10.2. The number of aryl methyl sites for hydroxylation is 1. The number of rotatable bonds is 5. The number of nitrogens with two attached hydrogens (primary N) is 1. The number of hydrogen-bond donors (Lipinski definition) is 1. The minimum Gasteiger partial charge on any atom is -0.399 e. The maximum atomic E-state index is 12.6. The molecule has 2 rings (SSSR count). The molecule has 112 valence electrons. The van der Waals surface area contributed by atoms with Gasteiger partial charge in [0, 0.05) is 31.7 Å². The molecule has 2 N–H and O–H groups in total. The Bertz CT molecular complexity index is 715. The minimum atomic E-state index is -3.49. The third kappa shape index (κ3) is 3.59. The summed E-state index contributed by atoms with van der Waals surface area (Å²) in [4.78, 5) is 4.24. The van der Waals surface area contributed by atoms with Gasteiger partial charge >= 0.3 is 0 Å². The molecule has 0 radical (unpaired) electrons. The summed E-state index contributed by atoms with van der Waals surface area (Å²) < 4.78 is 26.5. The van der Waals surface area contributed by atoms with E-state index in [0.29, 0.717) is 29.1 Å². The molecular formula is C15H19N3O2S. The number of pyridine rings is 1. The highest BCUT2D eigenvalue weighted by Crippen LogP contribution is 2.21. The SMILES string of the molecule is Cc1cc(N)ccc1S(=O)(=O)N(C)CCc1ccncc1. The second-order valence-electron chi connectivity index (χ2n) is 4.96. The zero-order valence-electron chi connectivity index (χ0n) is 12.2. The van der Waals surface area contributed by atoms with Crippen LogP contribution in [0.1, 0.15) is 11.1 Å². The summed E-state index contributed by atoms with van der Waals surface area (Å²) in [5.41, 5.74) is 7.94. The fraction of sp³-hybridized carbons (Fsp3) is 0.267. The summed E-state index contributed by atoms with van der Waals surface area (Å²) in [5, 5.41) is 0. The molecular weight excluding hydrogens is 286 g/mol. The molecule has 0 unspecified atom stereocenters. The van der Waals surface area contributed by atoms with Crippen molar-refractivity contribution >= 4 is 15.7 Å². The molecule has 0 amide bonds. The maximum absolute atomic E-state index is 12.6. The van der Waals surface area contributed by atoms with Crippen LogP contribution in [-0.4, -0.2) is 31.3 Å². The van der Waals surface area contributed by atoms with E-state index in [4.69, 9.17) is 5.73 Å². The Morgan fingerprint density at radius 3 is 2.48 bits per heavy atom. The van der Waals surface area contributed by atoms with E-state index in [0.717, 1.165) is 5.56 Å². The van der Waals surface area contributed by atoms with Gasteiger partial charge in [-0.1, -0.05) is 0 Å². The Kier molecular flexibility index (Phi) is 4.59. The molecule has 0 bridgehead atoms. The van der Waals surface area contributed by atoms with Crippen LogP contribution in [0.25, 0.3) is 0 Å². The van der Waals surface area contributed by atoms with Crippen molar-refractivity contribution in [3.63, 3.8) is 0 Å². The fourth-order valence-corrected chi connectivity index (χ4v) is 3.46. The monoisotopic (exact) mass is 305 g/mol. The molecule has 1 heterocycles. The van der Waals surface area contributed by atoms with Gasteiger partial charge in [0.25, 0.3) is 0 Å². The summed E-state index contributed by atoms with van der Waals surface area (Å²) in [5.74, 6) is 0. The number of nitrogens with zero attached hydrogens (tertiary/aromatic N) is 2. The van der Waals surface area contributed by atoms with Crippen molar-refractivity contribution in [1.82, 2.24) is 9.29 Å². The van der Waals surface area contributed by atoms with Crippen molar-refractivity contribution in [2.24, 2.45) is 0 Å². The summed E-state index contributed by atoms with van der Waals surface area (Å²) in [6.07, 6.45) is 4.05. The summed E-state index contributed by atoms with van der Waals surface area (Å²) in [6.45, 7) is 2.16. The average Bonchev–Trinajstić information content (AvgIpc) is 2.45. The van der Waals surface area contributed by atoms with Crippen molar-refractivity contribution in [2.75, 3.05) is 19.3 Å². The Morgan fingerprint density at radius 2 is 1.86 bits per heavy atom. The van der Waals surface area contributed by atoms with Gasteiger partial charge in [-0.2, -0.15) is 0 Å². The van der Waals surface area contributed by atoms with E-state index in [2.05, 4.69) is 4.98 Å². The van der Waals surface area contributed by atoms with E-state index in [1.165, 1.54) is 4.31 Å². The molecule has 0 fully saturated rings. The van der Waals surface area contributed by atoms with Crippen LogP contribution in [0.3, 0.4) is 0 Å². The quantitative estimate of drug-likeness (QED) is 0.855. The highest BCUT2D eigenvalue weighted by Gasteiger charge is 2.22.